The largest absolute Gasteiger partial charge is 0.392 e. The summed E-state index contributed by atoms with van der Waals surface area (Å²) in [6, 6.07) is 6.83. The van der Waals surface area contributed by atoms with Crippen molar-refractivity contribution in [3.63, 3.8) is 0 Å². The van der Waals surface area contributed by atoms with Crippen LogP contribution in [0.4, 0.5) is 4.39 Å². The molecular formula is C14H16FNO3S2. The molecule has 0 fully saturated rings. The van der Waals surface area contributed by atoms with E-state index in [-0.39, 0.29) is 6.61 Å². The Morgan fingerprint density at radius 3 is 2.71 bits per heavy atom. The van der Waals surface area contributed by atoms with E-state index in [4.69, 9.17) is 5.11 Å². The summed E-state index contributed by atoms with van der Waals surface area (Å²) in [7, 11) is -3.99. The number of thiophene rings is 1. The van der Waals surface area contributed by atoms with Crippen LogP contribution >= 0.6 is 11.3 Å². The van der Waals surface area contributed by atoms with Crippen LogP contribution in [0, 0.1) is 5.82 Å². The molecule has 0 aliphatic carbocycles. The number of benzene rings is 1. The molecule has 1 aromatic heterocycles. The van der Waals surface area contributed by atoms with Gasteiger partial charge in [0.25, 0.3) is 0 Å². The van der Waals surface area contributed by atoms with Crippen LogP contribution in [0.1, 0.15) is 29.8 Å². The number of aliphatic hydroxyl groups is 1. The Morgan fingerprint density at radius 1 is 1.38 bits per heavy atom. The van der Waals surface area contributed by atoms with Crippen molar-refractivity contribution in [2.45, 2.75) is 30.9 Å². The Kier molecular flexibility index (Phi) is 5.10. The highest BCUT2D eigenvalue weighted by Gasteiger charge is 2.24. The van der Waals surface area contributed by atoms with E-state index < -0.39 is 26.8 Å². The van der Waals surface area contributed by atoms with E-state index >= 15 is 0 Å². The second-order valence-electron chi connectivity index (χ2n) is 4.52. The van der Waals surface area contributed by atoms with Gasteiger partial charge < -0.3 is 5.11 Å². The summed E-state index contributed by atoms with van der Waals surface area (Å²) < 4.78 is 41.0. The average molecular weight is 329 g/mol. The minimum atomic E-state index is -3.99. The summed E-state index contributed by atoms with van der Waals surface area (Å²) in [5.41, 5.74) is 0.348. The highest BCUT2D eigenvalue weighted by atomic mass is 32.2. The second-order valence-corrected chi connectivity index (χ2v) is 7.18. The molecule has 1 aromatic carbocycles. The van der Waals surface area contributed by atoms with Crippen LogP contribution in [0.3, 0.4) is 0 Å². The van der Waals surface area contributed by atoms with Gasteiger partial charge in [-0.2, -0.15) is 0 Å². The van der Waals surface area contributed by atoms with Gasteiger partial charge in [-0.15, -0.1) is 11.3 Å². The van der Waals surface area contributed by atoms with Crippen LogP contribution in [-0.2, 0) is 16.6 Å². The van der Waals surface area contributed by atoms with Crippen molar-refractivity contribution in [2.24, 2.45) is 0 Å². The molecule has 1 unspecified atom stereocenters. The second kappa shape index (κ2) is 6.65. The number of hydrogen-bond donors (Lipinski definition) is 2. The third-order valence-electron chi connectivity index (χ3n) is 3.06. The molecule has 1 atom stereocenters. The zero-order valence-electron chi connectivity index (χ0n) is 11.4. The van der Waals surface area contributed by atoms with Crippen molar-refractivity contribution >= 4 is 21.4 Å². The van der Waals surface area contributed by atoms with E-state index in [0.29, 0.717) is 12.0 Å². The Morgan fingerprint density at radius 2 is 2.14 bits per heavy atom. The van der Waals surface area contributed by atoms with Gasteiger partial charge in [0.2, 0.25) is 10.0 Å². The maximum absolute atomic E-state index is 13.8. The number of aliphatic hydroxyl groups excluding tert-OH is 1. The minimum absolute atomic E-state index is 0.342. The highest BCUT2D eigenvalue weighted by Crippen LogP contribution is 2.25. The minimum Gasteiger partial charge on any atom is -0.392 e. The van der Waals surface area contributed by atoms with Crippen molar-refractivity contribution in [3.05, 3.63) is 52.0 Å². The van der Waals surface area contributed by atoms with Crippen molar-refractivity contribution < 1.29 is 17.9 Å². The number of halogens is 1. The molecule has 2 rings (SSSR count). The number of hydrogen-bond acceptors (Lipinski definition) is 4. The molecule has 0 aliphatic heterocycles. The molecule has 0 saturated carbocycles. The third kappa shape index (κ3) is 3.68. The first-order chi connectivity index (χ1) is 9.97. The molecule has 0 saturated heterocycles. The first-order valence-electron chi connectivity index (χ1n) is 6.43. The third-order valence-corrected chi connectivity index (χ3v) is 5.53. The molecule has 114 valence electrons. The fourth-order valence-electron chi connectivity index (χ4n) is 1.93. The standard InChI is InChI=1S/C14H16FNO3S2/c1-2-12(13-4-3-7-20-13)16-21(18,19)14-8-10(9-17)5-6-11(14)15/h3-8,12,16-17H,2,9H2,1H3. The maximum Gasteiger partial charge on any atom is 0.244 e. The summed E-state index contributed by atoms with van der Waals surface area (Å²) >= 11 is 1.44. The van der Waals surface area contributed by atoms with Crippen molar-refractivity contribution in [2.75, 3.05) is 0 Å². The Bertz CT molecular complexity index is 699. The van der Waals surface area contributed by atoms with Crippen LogP contribution in [-0.4, -0.2) is 13.5 Å². The van der Waals surface area contributed by atoms with Crippen LogP contribution in [0.15, 0.2) is 40.6 Å². The van der Waals surface area contributed by atoms with Crippen LogP contribution in [0.2, 0.25) is 0 Å². The molecular weight excluding hydrogens is 313 g/mol. The van der Waals surface area contributed by atoms with Gasteiger partial charge in [0, 0.05) is 4.88 Å². The lowest BCUT2D eigenvalue weighted by Crippen LogP contribution is -2.28. The fourth-order valence-corrected chi connectivity index (χ4v) is 4.30. The molecule has 1 heterocycles. The van der Waals surface area contributed by atoms with Gasteiger partial charge in [0.1, 0.15) is 10.7 Å². The van der Waals surface area contributed by atoms with E-state index in [2.05, 4.69) is 4.72 Å². The summed E-state index contributed by atoms with van der Waals surface area (Å²) in [5, 5.41) is 10.9. The van der Waals surface area contributed by atoms with Gasteiger partial charge in [0.05, 0.1) is 12.6 Å². The van der Waals surface area contributed by atoms with E-state index in [9.17, 15) is 12.8 Å². The maximum atomic E-state index is 13.8. The summed E-state index contributed by atoms with van der Waals surface area (Å²) in [6.07, 6.45) is 0.557. The molecule has 0 spiro atoms. The van der Waals surface area contributed by atoms with Crippen molar-refractivity contribution in [1.29, 1.82) is 0 Å². The SMILES string of the molecule is CCC(NS(=O)(=O)c1cc(CO)ccc1F)c1cccs1. The highest BCUT2D eigenvalue weighted by molar-refractivity contribution is 7.89. The number of sulfonamides is 1. The normalized spacial score (nSPS) is 13.3. The molecule has 0 bridgehead atoms. The summed E-state index contributed by atoms with van der Waals surface area (Å²) in [6.45, 7) is 1.51. The van der Waals surface area contributed by atoms with E-state index in [1.54, 1.807) is 0 Å². The van der Waals surface area contributed by atoms with Gasteiger partial charge >= 0.3 is 0 Å². The Balaban J connectivity index is 2.34. The van der Waals surface area contributed by atoms with Gasteiger partial charge in [0.15, 0.2) is 0 Å². The fraction of sp³-hybridized carbons (Fsp3) is 0.286. The summed E-state index contributed by atoms with van der Waals surface area (Å²) in [4.78, 5) is 0.434. The van der Waals surface area contributed by atoms with Gasteiger partial charge in [-0.25, -0.2) is 17.5 Å². The van der Waals surface area contributed by atoms with E-state index in [0.717, 1.165) is 17.0 Å². The predicted molar refractivity (Wildman–Crippen MR) is 80.0 cm³/mol. The van der Waals surface area contributed by atoms with Gasteiger partial charge in [-0.1, -0.05) is 19.1 Å². The smallest absolute Gasteiger partial charge is 0.244 e. The lowest BCUT2D eigenvalue weighted by molar-refractivity contribution is 0.281. The molecule has 21 heavy (non-hydrogen) atoms. The van der Waals surface area contributed by atoms with Crippen LogP contribution in [0.5, 0.6) is 0 Å². The van der Waals surface area contributed by atoms with Crippen LogP contribution in [0.25, 0.3) is 0 Å². The quantitative estimate of drug-likeness (QED) is 0.856. The lowest BCUT2D eigenvalue weighted by Gasteiger charge is -2.16. The van der Waals surface area contributed by atoms with Crippen molar-refractivity contribution in [1.82, 2.24) is 4.72 Å². The van der Waals surface area contributed by atoms with Crippen LogP contribution < -0.4 is 4.72 Å². The Hall–Kier alpha value is -1.28. The Labute approximate surface area is 127 Å². The molecule has 0 aliphatic rings. The molecule has 0 amide bonds. The monoisotopic (exact) mass is 329 g/mol. The molecule has 4 nitrogen and oxygen atoms in total. The first-order valence-corrected chi connectivity index (χ1v) is 8.79. The molecule has 2 aromatic rings. The van der Waals surface area contributed by atoms with E-state index in [1.165, 1.54) is 17.4 Å². The van der Waals surface area contributed by atoms with E-state index in [1.807, 2.05) is 24.4 Å². The molecule has 2 N–H and O–H groups in total. The summed E-state index contributed by atoms with van der Waals surface area (Å²) in [5.74, 6) is -0.833. The zero-order valence-corrected chi connectivity index (χ0v) is 13.0. The lowest BCUT2D eigenvalue weighted by atomic mass is 10.2. The average Bonchev–Trinajstić information content (AvgIpc) is 2.99. The first kappa shape index (κ1) is 16.1. The number of rotatable bonds is 6. The molecule has 0 radical (unpaired) electrons. The number of nitrogens with one attached hydrogen (secondary N) is 1. The zero-order chi connectivity index (χ0) is 15.5. The molecule has 7 heteroatoms. The van der Waals surface area contributed by atoms with Gasteiger partial charge in [-0.3, -0.25) is 0 Å². The topological polar surface area (TPSA) is 66.4 Å². The van der Waals surface area contributed by atoms with Gasteiger partial charge in [-0.05, 0) is 35.6 Å². The van der Waals surface area contributed by atoms with Crippen molar-refractivity contribution in [3.8, 4) is 0 Å². The predicted octanol–water partition coefficient (Wildman–Crippen LogP) is 2.81.